The number of halogens is 1. The van der Waals surface area contributed by atoms with Crippen LogP contribution >= 0.6 is 11.6 Å². The molecule has 2 heterocycles. The number of rotatable bonds is 7. The maximum atomic E-state index is 12.1. The molecule has 0 bridgehead atoms. The van der Waals surface area contributed by atoms with Crippen molar-refractivity contribution in [3.8, 4) is 0 Å². The van der Waals surface area contributed by atoms with E-state index in [1.165, 1.54) is 12.3 Å². The van der Waals surface area contributed by atoms with Crippen molar-refractivity contribution in [1.82, 2.24) is 10.6 Å². The van der Waals surface area contributed by atoms with Gasteiger partial charge in [0.05, 0.1) is 23.5 Å². The normalized spacial score (nSPS) is 14.0. The summed E-state index contributed by atoms with van der Waals surface area (Å²) in [6.45, 7) is 1.68. The van der Waals surface area contributed by atoms with E-state index in [2.05, 4.69) is 16.0 Å². The third-order valence-corrected chi connectivity index (χ3v) is 4.51. The van der Waals surface area contributed by atoms with E-state index < -0.39 is 0 Å². The monoisotopic (exact) mass is 416 g/mol. The molecular formula is C20H21ClN4O4. The maximum Gasteiger partial charge on any atom is 0.244 e. The molecule has 0 radical (unpaired) electrons. The van der Waals surface area contributed by atoms with Crippen molar-refractivity contribution in [2.75, 3.05) is 36.4 Å². The van der Waals surface area contributed by atoms with Crippen molar-refractivity contribution < 1.29 is 18.8 Å². The smallest absolute Gasteiger partial charge is 0.244 e. The van der Waals surface area contributed by atoms with Crippen molar-refractivity contribution >= 4 is 46.8 Å². The summed E-state index contributed by atoms with van der Waals surface area (Å²) in [7, 11) is 0. The predicted molar refractivity (Wildman–Crippen MR) is 111 cm³/mol. The molecule has 0 saturated carbocycles. The highest BCUT2D eigenvalue weighted by atomic mass is 35.5. The summed E-state index contributed by atoms with van der Waals surface area (Å²) in [5, 5.41) is 8.59. The molecule has 3 rings (SSSR count). The van der Waals surface area contributed by atoms with Crippen LogP contribution in [0.2, 0.25) is 5.02 Å². The number of anilines is 2. The molecule has 29 heavy (non-hydrogen) atoms. The third-order valence-electron chi connectivity index (χ3n) is 4.20. The first kappa shape index (κ1) is 20.5. The zero-order chi connectivity index (χ0) is 20.6. The summed E-state index contributed by atoms with van der Waals surface area (Å²) in [5.41, 5.74) is 1.30. The minimum atomic E-state index is -0.313. The lowest BCUT2D eigenvalue weighted by Gasteiger charge is -2.29. The molecule has 0 aliphatic carbocycles. The fourth-order valence-electron chi connectivity index (χ4n) is 2.81. The number of carbonyl (C=O) groups excluding carboxylic acids is 3. The number of piperazine rings is 1. The van der Waals surface area contributed by atoms with Gasteiger partial charge < -0.3 is 25.3 Å². The SMILES string of the molecule is O=C(/C=C/c1ccco1)NCCC(=O)Nc1ccc(N2CCNC(=O)C2)c(Cl)c1. The highest BCUT2D eigenvalue weighted by Crippen LogP contribution is 2.29. The minimum absolute atomic E-state index is 0.0502. The molecule has 1 aliphatic rings. The van der Waals surface area contributed by atoms with Gasteiger partial charge in [0, 0.05) is 37.8 Å². The van der Waals surface area contributed by atoms with E-state index in [9.17, 15) is 14.4 Å². The van der Waals surface area contributed by atoms with Gasteiger partial charge in [-0.2, -0.15) is 0 Å². The third kappa shape index (κ3) is 6.11. The average molecular weight is 417 g/mol. The Hall–Kier alpha value is -3.26. The molecule has 3 amide bonds. The summed E-state index contributed by atoms with van der Waals surface area (Å²) >= 11 is 6.32. The van der Waals surface area contributed by atoms with Crippen LogP contribution in [0.25, 0.3) is 6.08 Å². The van der Waals surface area contributed by atoms with Crippen molar-refractivity contribution in [3.05, 3.63) is 53.5 Å². The molecule has 1 saturated heterocycles. The van der Waals surface area contributed by atoms with Crippen LogP contribution in [-0.2, 0) is 14.4 Å². The molecule has 1 aromatic carbocycles. The lowest BCUT2D eigenvalue weighted by Crippen LogP contribution is -2.47. The average Bonchev–Trinajstić information content (AvgIpc) is 3.20. The molecule has 8 nitrogen and oxygen atoms in total. The zero-order valence-electron chi connectivity index (χ0n) is 15.6. The van der Waals surface area contributed by atoms with Crippen LogP contribution in [0.1, 0.15) is 12.2 Å². The topological polar surface area (TPSA) is 104 Å². The summed E-state index contributed by atoms with van der Waals surface area (Å²) in [6, 6.07) is 8.61. The van der Waals surface area contributed by atoms with Gasteiger partial charge in [0.2, 0.25) is 17.7 Å². The number of nitrogens with zero attached hydrogens (tertiary/aromatic N) is 1. The molecule has 0 atom stereocenters. The van der Waals surface area contributed by atoms with Crippen LogP contribution in [0.3, 0.4) is 0 Å². The standard InChI is InChI=1S/C20H21ClN4O4/c21-16-12-14(3-5-17(16)25-10-9-23-20(28)13-25)24-19(27)7-8-22-18(26)6-4-15-2-1-11-29-15/h1-6,11-12H,7-10,13H2,(H,22,26)(H,23,28)(H,24,27)/b6-4+. The number of amides is 3. The largest absolute Gasteiger partial charge is 0.465 e. The van der Waals surface area contributed by atoms with Crippen LogP contribution in [0.15, 0.2) is 47.1 Å². The first-order chi connectivity index (χ1) is 14.0. The minimum Gasteiger partial charge on any atom is -0.465 e. The Morgan fingerprint density at radius 3 is 2.90 bits per heavy atom. The Morgan fingerprint density at radius 1 is 1.31 bits per heavy atom. The van der Waals surface area contributed by atoms with E-state index in [1.54, 1.807) is 36.4 Å². The van der Waals surface area contributed by atoms with E-state index in [1.807, 2.05) is 4.90 Å². The second-order valence-corrected chi connectivity index (χ2v) is 6.78. The number of hydrogen-bond donors (Lipinski definition) is 3. The fraction of sp³-hybridized carbons (Fsp3) is 0.250. The summed E-state index contributed by atoms with van der Waals surface area (Å²) < 4.78 is 5.09. The Bertz CT molecular complexity index is 911. The Kier molecular flexibility index (Phi) is 6.91. The fourth-order valence-corrected chi connectivity index (χ4v) is 3.11. The lowest BCUT2D eigenvalue weighted by atomic mass is 10.2. The Labute approximate surface area is 172 Å². The van der Waals surface area contributed by atoms with Crippen molar-refractivity contribution in [2.45, 2.75) is 6.42 Å². The van der Waals surface area contributed by atoms with Crippen LogP contribution in [0.5, 0.6) is 0 Å². The number of carbonyl (C=O) groups is 3. The zero-order valence-corrected chi connectivity index (χ0v) is 16.4. The molecule has 0 spiro atoms. The second kappa shape index (κ2) is 9.79. The maximum absolute atomic E-state index is 12.1. The van der Waals surface area contributed by atoms with Gasteiger partial charge in [0.1, 0.15) is 5.76 Å². The number of nitrogens with one attached hydrogen (secondary N) is 3. The van der Waals surface area contributed by atoms with Crippen molar-refractivity contribution in [2.24, 2.45) is 0 Å². The summed E-state index contributed by atoms with van der Waals surface area (Å²) in [6.07, 6.45) is 4.52. The van der Waals surface area contributed by atoms with E-state index in [-0.39, 0.29) is 37.2 Å². The van der Waals surface area contributed by atoms with Crippen LogP contribution in [0, 0.1) is 0 Å². The molecule has 2 aromatic rings. The van der Waals surface area contributed by atoms with Gasteiger partial charge >= 0.3 is 0 Å². The van der Waals surface area contributed by atoms with E-state index in [0.29, 0.717) is 29.6 Å². The molecule has 1 aliphatic heterocycles. The van der Waals surface area contributed by atoms with Crippen molar-refractivity contribution in [1.29, 1.82) is 0 Å². The second-order valence-electron chi connectivity index (χ2n) is 6.38. The number of furan rings is 1. The summed E-state index contributed by atoms with van der Waals surface area (Å²) in [4.78, 5) is 37.2. The van der Waals surface area contributed by atoms with E-state index >= 15 is 0 Å². The quantitative estimate of drug-likeness (QED) is 0.599. The first-order valence-electron chi connectivity index (χ1n) is 9.12. The Morgan fingerprint density at radius 2 is 2.17 bits per heavy atom. The van der Waals surface area contributed by atoms with Gasteiger partial charge in [-0.25, -0.2) is 0 Å². The van der Waals surface area contributed by atoms with Crippen molar-refractivity contribution in [3.63, 3.8) is 0 Å². The predicted octanol–water partition coefficient (Wildman–Crippen LogP) is 2.03. The van der Waals surface area contributed by atoms with Gasteiger partial charge in [0.25, 0.3) is 0 Å². The first-order valence-corrected chi connectivity index (χ1v) is 9.49. The molecular weight excluding hydrogens is 396 g/mol. The van der Waals surface area contributed by atoms with Crippen LogP contribution in [-0.4, -0.2) is 43.9 Å². The van der Waals surface area contributed by atoms with Gasteiger partial charge in [-0.15, -0.1) is 0 Å². The molecule has 0 unspecified atom stereocenters. The lowest BCUT2D eigenvalue weighted by molar-refractivity contribution is -0.120. The molecule has 3 N–H and O–H groups in total. The highest BCUT2D eigenvalue weighted by Gasteiger charge is 2.18. The van der Waals surface area contributed by atoms with Gasteiger partial charge in [0.15, 0.2) is 0 Å². The van der Waals surface area contributed by atoms with Crippen LogP contribution < -0.4 is 20.9 Å². The van der Waals surface area contributed by atoms with Gasteiger partial charge in [-0.05, 0) is 36.4 Å². The highest BCUT2D eigenvalue weighted by molar-refractivity contribution is 6.33. The summed E-state index contributed by atoms with van der Waals surface area (Å²) in [5.74, 6) is -0.0391. The van der Waals surface area contributed by atoms with Gasteiger partial charge in [-0.3, -0.25) is 14.4 Å². The van der Waals surface area contributed by atoms with E-state index in [0.717, 1.165) is 5.69 Å². The van der Waals surface area contributed by atoms with Crippen LogP contribution in [0.4, 0.5) is 11.4 Å². The molecule has 1 aromatic heterocycles. The van der Waals surface area contributed by atoms with E-state index in [4.69, 9.17) is 16.0 Å². The Balaban J connectivity index is 1.45. The molecule has 1 fully saturated rings. The van der Waals surface area contributed by atoms with Gasteiger partial charge in [-0.1, -0.05) is 11.6 Å². The molecule has 152 valence electrons. The molecule has 9 heteroatoms. The number of benzene rings is 1. The number of hydrogen-bond acceptors (Lipinski definition) is 5.